The van der Waals surface area contributed by atoms with E-state index in [1.54, 1.807) is 53.5 Å². The fourth-order valence-corrected chi connectivity index (χ4v) is 4.51. The van der Waals surface area contributed by atoms with Crippen molar-refractivity contribution < 1.29 is 14.3 Å². The minimum absolute atomic E-state index is 0.317. The van der Waals surface area contributed by atoms with Gasteiger partial charge in [0.25, 0.3) is 0 Å². The van der Waals surface area contributed by atoms with Crippen molar-refractivity contribution >= 4 is 41.4 Å². The van der Waals surface area contributed by atoms with Gasteiger partial charge in [0.1, 0.15) is 11.4 Å². The molecule has 0 bridgehead atoms. The first-order valence-electron chi connectivity index (χ1n) is 10.4. The van der Waals surface area contributed by atoms with Crippen LogP contribution in [0, 0.1) is 0 Å². The molecule has 35 heavy (non-hydrogen) atoms. The SMILES string of the molecule is COc1cc(-c2nccc(-c3cccc(-c4cn5cc(C=O)nc5cn4)c3Cl)c2Cl)ccc1C=O. The van der Waals surface area contributed by atoms with Crippen LogP contribution in [0.5, 0.6) is 5.75 Å². The molecule has 9 heteroatoms. The van der Waals surface area contributed by atoms with Crippen LogP contribution in [-0.2, 0) is 0 Å². The molecule has 7 nitrogen and oxygen atoms in total. The summed E-state index contributed by atoms with van der Waals surface area (Å²) in [4.78, 5) is 35.4. The van der Waals surface area contributed by atoms with Gasteiger partial charge in [-0.3, -0.25) is 19.6 Å². The van der Waals surface area contributed by atoms with Gasteiger partial charge in [0.15, 0.2) is 18.2 Å². The van der Waals surface area contributed by atoms with Crippen molar-refractivity contribution in [1.82, 2.24) is 19.4 Å². The lowest BCUT2D eigenvalue weighted by atomic mass is 9.99. The Balaban J connectivity index is 1.61. The molecule has 2 aromatic carbocycles. The van der Waals surface area contributed by atoms with Gasteiger partial charge < -0.3 is 9.14 Å². The summed E-state index contributed by atoms with van der Waals surface area (Å²) in [6, 6.07) is 12.5. The monoisotopic (exact) mass is 502 g/mol. The molecule has 0 aliphatic rings. The Kier molecular flexibility index (Phi) is 6.03. The van der Waals surface area contributed by atoms with E-state index in [0.717, 1.165) is 6.29 Å². The summed E-state index contributed by atoms with van der Waals surface area (Å²) in [5.41, 5.74) is 5.23. The fraction of sp³-hybridized carbons (Fsp3) is 0.0385. The molecule has 0 aliphatic heterocycles. The van der Waals surface area contributed by atoms with Crippen molar-refractivity contribution in [1.29, 1.82) is 0 Å². The molecular weight excluding hydrogens is 487 g/mol. The predicted octanol–water partition coefficient (Wildman–Crippen LogP) is 6.07. The lowest BCUT2D eigenvalue weighted by Gasteiger charge is -2.14. The maximum Gasteiger partial charge on any atom is 0.170 e. The molecule has 0 spiro atoms. The summed E-state index contributed by atoms with van der Waals surface area (Å²) >= 11 is 13.7. The molecule has 5 aromatic rings. The van der Waals surface area contributed by atoms with Gasteiger partial charge in [-0.2, -0.15) is 0 Å². The number of benzene rings is 2. The highest BCUT2D eigenvalue weighted by atomic mass is 35.5. The van der Waals surface area contributed by atoms with Gasteiger partial charge in [-0.05, 0) is 18.2 Å². The van der Waals surface area contributed by atoms with E-state index in [1.165, 1.54) is 7.11 Å². The third kappa shape index (κ3) is 4.05. The molecule has 0 unspecified atom stereocenters. The summed E-state index contributed by atoms with van der Waals surface area (Å²) in [5, 5.41) is 0.865. The first-order valence-corrected chi connectivity index (χ1v) is 11.2. The number of nitrogens with zero attached hydrogens (tertiary/aromatic N) is 4. The standard InChI is InChI=1S/C26H16Cl2N4O3/c1-35-22-9-15(5-6-16(22)13-33)26-25(28)19(7-8-29-26)18-3-2-4-20(24(18)27)21-12-32-11-17(14-34)31-23(32)10-30-21/h2-14H,1H3. The second kappa shape index (κ2) is 9.29. The normalized spacial score (nSPS) is 10.9. The van der Waals surface area contributed by atoms with Crippen molar-refractivity contribution in [3.05, 3.63) is 88.6 Å². The predicted molar refractivity (Wildman–Crippen MR) is 134 cm³/mol. The zero-order chi connectivity index (χ0) is 24.5. The summed E-state index contributed by atoms with van der Waals surface area (Å²) in [7, 11) is 1.50. The molecule has 0 radical (unpaired) electrons. The zero-order valence-electron chi connectivity index (χ0n) is 18.3. The molecule has 0 amide bonds. The number of carbonyl (C=O) groups is 2. The largest absolute Gasteiger partial charge is 0.496 e. The Morgan fingerprint density at radius 2 is 1.71 bits per heavy atom. The second-order valence-corrected chi connectivity index (χ2v) is 8.34. The van der Waals surface area contributed by atoms with E-state index in [-0.39, 0.29) is 0 Å². The van der Waals surface area contributed by atoms with Crippen molar-refractivity contribution in [2.75, 3.05) is 7.11 Å². The van der Waals surface area contributed by atoms with Crippen LogP contribution in [0.2, 0.25) is 10.0 Å². The maximum absolute atomic E-state index is 11.3. The maximum atomic E-state index is 11.3. The van der Waals surface area contributed by atoms with Crippen molar-refractivity contribution in [3.8, 4) is 39.4 Å². The molecule has 0 saturated heterocycles. The van der Waals surface area contributed by atoms with Crippen molar-refractivity contribution in [2.45, 2.75) is 0 Å². The Labute approximate surface area is 210 Å². The van der Waals surface area contributed by atoms with Crippen LogP contribution in [0.15, 0.2) is 67.3 Å². The molecule has 3 aromatic heterocycles. The zero-order valence-corrected chi connectivity index (χ0v) is 19.8. The number of imidazole rings is 1. The van der Waals surface area contributed by atoms with Gasteiger partial charge in [-0.25, -0.2) is 4.98 Å². The van der Waals surface area contributed by atoms with Crippen molar-refractivity contribution in [3.63, 3.8) is 0 Å². The highest BCUT2D eigenvalue weighted by Crippen LogP contribution is 2.41. The van der Waals surface area contributed by atoms with Gasteiger partial charge in [0.05, 0.1) is 40.3 Å². The van der Waals surface area contributed by atoms with Gasteiger partial charge in [-0.1, -0.05) is 47.5 Å². The molecule has 0 fully saturated rings. The van der Waals surface area contributed by atoms with Crippen LogP contribution < -0.4 is 4.74 Å². The molecule has 0 aliphatic carbocycles. The average Bonchev–Trinajstić information content (AvgIpc) is 3.31. The van der Waals surface area contributed by atoms with Crippen LogP contribution in [0.25, 0.3) is 39.3 Å². The molecular formula is C26H16Cl2N4O3. The number of rotatable bonds is 6. The lowest BCUT2D eigenvalue weighted by Crippen LogP contribution is -1.95. The number of hydrogen-bond donors (Lipinski definition) is 0. The van der Waals surface area contributed by atoms with Crippen LogP contribution in [0.4, 0.5) is 0 Å². The minimum atomic E-state index is 0.317. The van der Waals surface area contributed by atoms with E-state index in [9.17, 15) is 9.59 Å². The summed E-state index contributed by atoms with van der Waals surface area (Å²) < 4.78 is 7.05. The van der Waals surface area contributed by atoms with Gasteiger partial charge in [0, 0.05) is 40.8 Å². The molecule has 5 rings (SSSR count). The minimum Gasteiger partial charge on any atom is -0.496 e. The summed E-state index contributed by atoms with van der Waals surface area (Å²) in [5.74, 6) is 0.430. The molecule has 0 saturated carbocycles. The number of aldehydes is 2. The second-order valence-electron chi connectivity index (χ2n) is 7.58. The lowest BCUT2D eigenvalue weighted by molar-refractivity contribution is 0.111. The number of methoxy groups -OCH3 is 1. The van der Waals surface area contributed by atoms with Crippen molar-refractivity contribution in [2.24, 2.45) is 0 Å². The van der Waals surface area contributed by atoms with Crippen LogP contribution in [-0.4, -0.2) is 39.0 Å². The first kappa shape index (κ1) is 22.7. The molecule has 172 valence electrons. The number of aromatic nitrogens is 4. The molecule has 0 N–H and O–H groups in total. The van der Waals surface area contributed by atoms with Gasteiger partial charge in [0.2, 0.25) is 0 Å². The number of hydrogen-bond acceptors (Lipinski definition) is 6. The van der Waals surface area contributed by atoms with E-state index in [4.69, 9.17) is 27.9 Å². The summed E-state index contributed by atoms with van der Waals surface area (Å²) in [6.45, 7) is 0. The summed E-state index contributed by atoms with van der Waals surface area (Å²) in [6.07, 6.45) is 8.04. The number of pyridine rings is 1. The third-order valence-electron chi connectivity index (χ3n) is 5.57. The molecule has 0 atom stereocenters. The van der Waals surface area contributed by atoms with Crippen LogP contribution in [0.1, 0.15) is 20.8 Å². The number of halogens is 2. The van der Waals surface area contributed by atoms with E-state index in [0.29, 0.717) is 72.6 Å². The Bertz CT molecular complexity index is 1610. The number of ether oxygens (including phenoxy) is 1. The highest BCUT2D eigenvalue weighted by molar-refractivity contribution is 6.39. The quantitative estimate of drug-likeness (QED) is 0.262. The van der Waals surface area contributed by atoms with E-state index in [1.807, 2.05) is 18.2 Å². The average molecular weight is 503 g/mol. The van der Waals surface area contributed by atoms with E-state index in [2.05, 4.69) is 15.0 Å². The Morgan fingerprint density at radius 1 is 0.914 bits per heavy atom. The third-order valence-corrected chi connectivity index (χ3v) is 6.36. The Hall–Kier alpha value is -4.07. The van der Waals surface area contributed by atoms with Crippen LogP contribution >= 0.6 is 23.2 Å². The number of carbonyl (C=O) groups excluding carboxylic acids is 2. The smallest absolute Gasteiger partial charge is 0.170 e. The first-order chi connectivity index (χ1) is 17.0. The van der Waals surface area contributed by atoms with Gasteiger partial charge >= 0.3 is 0 Å². The molecule has 3 heterocycles. The Morgan fingerprint density at radius 3 is 2.49 bits per heavy atom. The van der Waals surface area contributed by atoms with Crippen LogP contribution in [0.3, 0.4) is 0 Å². The fourth-order valence-electron chi connectivity index (χ4n) is 3.86. The van der Waals surface area contributed by atoms with Gasteiger partial charge in [-0.15, -0.1) is 0 Å². The topological polar surface area (TPSA) is 86.4 Å². The number of fused-ring (bicyclic) bond motifs is 1. The van der Waals surface area contributed by atoms with E-state index < -0.39 is 0 Å². The highest BCUT2D eigenvalue weighted by Gasteiger charge is 2.18. The van der Waals surface area contributed by atoms with E-state index >= 15 is 0 Å².